The molecule has 0 unspecified atom stereocenters. The Morgan fingerprint density at radius 2 is 1.50 bits per heavy atom. The van der Waals surface area contributed by atoms with Crippen LogP contribution in [-0.2, 0) is 14.2 Å². The fourth-order valence-corrected chi connectivity index (χ4v) is 4.17. The molecule has 2 bridgehead atoms. The van der Waals surface area contributed by atoms with Crippen molar-refractivity contribution >= 4 is 0 Å². The smallest absolute Gasteiger partial charge is 0.173 e. The van der Waals surface area contributed by atoms with Crippen molar-refractivity contribution in [1.29, 1.82) is 0 Å². The van der Waals surface area contributed by atoms with Crippen molar-refractivity contribution in [2.45, 2.75) is 18.6 Å². The SMILES string of the molecule is COC1(OC)[C@@H]2CC[C@H]1[C@H]1COC[C@H]12. The molecule has 2 saturated carbocycles. The molecule has 3 fully saturated rings. The van der Waals surface area contributed by atoms with E-state index in [4.69, 9.17) is 14.2 Å². The molecule has 0 aromatic carbocycles. The van der Waals surface area contributed by atoms with Gasteiger partial charge in [0.15, 0.2) is 5.79 Å². The lowest BCUT2D eigenvalue weighted by Crippen LogP contribution is -2.41. The minimum absolute atomic E-state index is 0.279. The Morgan fingerprint density at radius 3 is 1.93 bits per heavy atom. The molecule has 3 heteroatoms. The van der Waals surface area contributed by atoms with Crippen LogP contribution in [0.5, 0.6) is 0 Å². The molecule has 0 spiro atoms. The van der Waals surface area contributed by atoms with Gasteiger partial charge in [0.05, 0.1) is 13.2 Å². The standard InChI is InChI=1S/C11H18O3/c1-12-11(13-2)9-3-4-10(11)8-6-14-5-7(8)9/h7-10H,3-6H2,1-2H3/t7-,8+,9-,10+. The molecule has 0 aromatic rings. The number of rotatable bonds is 2. The topological polar surface area (TPSA) is 27.7 Å². The van der Waals surface area contributed by atoms with Gasteiger partial charge in [-0.15, -0.1) is 0 Å². The Labute approximate surface area is 84.7 Å². The number of hydrogen-bond acceptors (Lipinski definition) is 3. The minimum Gasteiger partial charge on any atom is -0.381 e. The highest BCUT2D eigenvalue weighted by Crippen LogP contribution is 2.61. The first-order chi connectivity index (χ1) is 6.83. The van der Waals surface area contributed by atoms with E-state index in [-0.39, 0.29) is 5.79 Å². The van der Waals surface area contributed by atoms with Crippen LogP contribution in [-0.4, -0.2) is 33.2 Å². The summed E-state index contributed by atoms with van der Waals surface area (Å²) < 4.78 is 17.0. The molecule has 1 aliphatic heterocycles. The van der Waals surface area contributed by atoms with Gasteiger partial charge in [-0.3, -0.25) is 0 Å². The van der Waals surface area contributed by atoms with Crippen molar-refractivity contribution in [2.75, 3.05) is 27.4 Å². The largest absolute Gasteiger partial charge is 0.381 e. The average molecular weight is 198 g/mol. The second-order valence-corrected chi connectivity index (χ2v) is 4.79. The van der Waals surface area contributed by atoms with E-state index >= 15 is 0 Å². The van der Waals surface area contributed by atoms with Gasteiger partial charge >= 0.3 is 0 Å². The zero-order valence-corrected chi connectivity index (χ0v) is 8.86. The normalized spacial score (nSPS) is 48.4. The van der Waals surface area contributed by atoms with Crippen LogP contribution in [0.25, 0.3) is 0 Å². The maximum absolute atomic E-state index is 5.69. The van der Waals surface area contributed by atoms with Crippen LogP contribution in [0.1, 0.15) is 12.8 Å². The molecule has 3 rings (SSSR count). The van der Waals surface area contributed by atoms with Crippen LogP contribution < -0.4 is 0 Å². The fraction of sp³-hybridized carbons (Fsp3) is 1.00. The Bertz CT molecular complexity index is 217. The molecule has 0 amide bonds. The minimum atomic E-state index is -0.279. The van der Waals surface area contributed by atoms with Crippen molar-refractivity contribution in [3.05, 3.63) is 0 Å². The van der Waals surface area contributed by atoms with E-state index in [0.29, 0.717) is 23.7 Å². The molecule has 4 atom stereocenters. The van der Waals surface area contributed by atoms with Crippen molar-refractivity contribution < 1.29 is 14.2 Å². The summed E-state index contributed by atoms with van der Waals surface area (Å²) in [5.41, 5.74) is 0. The summed E-state index contributed by atoms with van der Waals surface area (Å²) >= 11 is 0. The van der Waals surface area contributed by atoms with Crippen molar-refractivity contribution in [3.63, 3.8) is 0 Å². The monoisotopic (exact) mass is 198 g/mol. The van der Waals surface area contributed by atoms with Gasteiger partial charge in [-0.1, -0.05) is 0 Å². The summed E-state index contributed by atoms with van der Waals surface area (Å²) in [6, 6.07) is 0. The van der Waals surface area contributed by atoms with Crippen LogP contribution in [0, 0.1) is 23.7 Å². The third-order valence-corrected chi connectivity index (χ3v) is 4.66. The maximum atomic E-state index is 5.69. The summed E-state index contributed by atoms with van der Waals surface area (Å²) in [4.78, 5) is 0. The summed E-state index contributed by atoms with van der Waals surface area (Å²) in [5, 5.41) is 0. The van der Waals surface area contributed by atoms with Crippen molar-refractivity contribution in [2.24, 2.45) is 23.7 Å². The van der Waals surface area contributed by atoms with Gasteiger partial charge in [0, 0.05) is 26.1 Å². The van der Waals surface area contributed by atoms with Crippen LogP contribution in [0.4, 0.5) is 0 Å². The molecule has 1 saturated heterocycles. The van der Waals surface area contributed by atoms with E-state index in [0.717, 1.165) is 13.2 Å². The lowest BCUT2D eigenvalue weighted by Gasteiger charge is -2.32. The Morgan fingerprint density at radius 1 is 1.00 bits per heavy atom. The first-order valence-electron chi connectivity index (χ1n) is 5.51. The average Bonchev–Trinajstić information content (AvgIpc) is 2.87. The second-order valence-electron chi connectivity index (χ2n) is 4.79. The molecule has 2 aliphatic carbocycles. The van der Waals surface area contributed by atoms with Crippen LogP contribution in [0.2, 0.25) is 0 Å². The molecule has 1 heterocycles. The van der Waals surface area contributed by atoms with Crippen LogP contribution in [0.3, 0.4) is 0 Å². The zero-order valence-electron chi connectivity index (χ0n) is 8.86. The predicted octanol–water partition coefficient (Wildman–Crippen LogP) is 1.28. The van der Waals surface area contributed by atoms with Gasteiger partial charge in [-0.05, 0) is 24.7 Å². The summed E-state index contributed by atoms with van der Waals surface area (Å²) in [6.07, 6.45) is 2.49. The van der Waals surface area contributed by atoms with E-state index in [9.17, 15) is 0 Å². The second kappa shape index (κ2) is 2.94. The molecule has 0 N–H and O–H groups in total. The lowest BCUT2D eigenvalue weighted by atomic mass is 9.82. The molecule has 3 aliphatic rings. The zero-order chi connectivity index (χ0) is 9.76. The van der Waals surface area contributed by atoms with E-state index < -0.39 is 0 Å². The molecular weight excluding hydrogens is 180 g/mol. The van der Waals surface area contributed by atoms with Gasteiger partial charge in [0.2, 0.25) is 0 Å². The van der Waals surface area contributed by atoms with Gasteiger partial charge in [-0.2, -0.15) is 0 Å². The highest BCUT2D eigenvalue weighted by molar-refractivity contribution is 5.09. The summed E-state index contributed by atoms with van der Waals surface area (Å²) in [7, 11) is 3.58. The first-order valence-corrected chi connectivity index (χ1v) is 5.51. The van der Waals surface area contributed by atoms with Gasteiger partial charge in [0.1, 0.15) is 0 Å². The van der Waals surface area contributed by atoms with E-state index in [1.807, 2.05) is 0 Å². The Hall–Kier alpha value is -0.120. The third-order valence-electron chi connectivity index (χ3n) is 4.66. The molecule has 80 valence electrons. The third kappa shape index (κ3) is 0.841. The van der Waals surface area contributed by atoms with Gasteiger partial charge in [0.25, 0.3) is 0 Å². The molecule has 14 heavy (non-hydrogen) atoms. The van der Waals surface area contributed by atoms with E-state index in [1.54, 1.807) is 14.2 Å². The molecular formula is C11H18O3. The quantitative estimate of drug-likeness (QED) is 0.625. The number of fused-ring (bicyclic) bond motifs is 5. The van der Waals surface area contributed by atoms with Crippen molar-refractivity contribution in [1.82, 2.24) is 0 Å². The number of hydrogen-bond donors (Lipinski definition) is 0. The van der Waals surface area contributed by atoms with Crippen LogP contribution in [0.15, 0.2) is 0 Å². The summed E-state index contributed by atoms with van der Waals surface area (Å²) in [5.74, 6) is 2.23. The van der Waals surface area contributed by atoms with E-state index in [1.165, 1.54) is 12.8 Å². The number of methoxy groups -OCH3 is 2. The molecule has 3 nitrogen and oxygen atoms in total. The Kier molecular flexibility index (Phi) is 1.92. The first kappa shape index (κ1) is 9.13. The lowest BCUT2D eigenvalue weighted by molar-refractivity contribution is -0.242. The van der Waals surface area contributed by atoms with E-state index in [2.05, 4.69) is 0 Å². The molecule has 0 aromatic heterocycles. The van der Waals surface area contributed by atoms with Crippen molar-refractivity contribution in [3.8, 4) is 0 Å². The maximum Gasteiger partial charge on any atom is 0.173 e. The highest BCUT2D eigenvalue weighted by Gasteiger charge is 2.66. The fourth-order valence-electron chi connectivity index (χ4n) is 4.17. The number of ether oxygens (including phenoxy) is 3. The summed E-state index contributed by atoms with van der Waals surface area (Å²) in [6.45, 7) is 1.83. The molecule has 0 radical (unpaired) electrons. The Balaban J connectivity index is 1.96. The highest BCUT2D eigenvalue weighted by atomic mass is 16.7. The predicted molar refractivity (Wildman–Crippen MR) is 50.8 cm³/mol. The van der Waals surface area contributed by atoms with Gasteiger partial charge < -0.3 is 14.2 Å². The van der Waals surface area contributed by atoms with Gasteiger partial charge in [-0.25, -0.2) is 0 Å². The van der Waals surface area contributed by atoms with Crippen LogP contribution >= 0.6 is 0 Å².